The molecule has 1 aliphatic rings. The average molecular weight is 350 g/mol. The highest BCUT2D eigenvalue weighted by atomic mass is 16.7. The molecule has 1 aromatic heterocycles. The Balaban J connectivity index is 1.55. The number of para-hydroxylation sites is 1. The van der Waals surface area contributed by atoms with Gasteiger partial charge in [-0.2, -0.15) is 0 Å². The molecular weight excluding hydrogens is 336 g/mol. The monoisotopic (exact) mass is 350 g/mol. The number of rotatable bonds is 5. The number of nitrogens with zero attached hydrogens (tertiary/aromatic N) is 2. The molecule has 0 aliphatic carbocycles. The smallest absolute Gasteiger partial charge is 0.337 e. The van der Waals surface area contributed by atoms with Gasteiger partial charge in [-0.05, 0) is 24.3 Å². The summed E-state index contributed by atoms with van der Waals surface area (Å²) in [7, 11) is 0. The van der Waals surface area contributed by atoms with E-state index in [4.69, 9.17) is 9.47 Å². The first-order chi connectivity index (χ1) is 12.7. The molecule has 4 rings (SSSR count). The fourth-order valence-electron chi connectivity index (χ4n) is 2.53. The molecule has 3 aromatic rings. The first-order valence-corrected chi connectivity index (χ1v) is 7.77. The Hall–Kier alpha value is -3.81. The maximum Gasteiger partial charge on any atom is 0.337 e. The number of aromatic carboxylic acids is 1. The Bertz CT molecular complexity index is 977. The van der Waals surface area contributed by atoms with E-state index in [1.807, 2.05) is 18.2 Å². The first kappa shape index (κ1) is 15.7. The van der Waals surface area contributed by atoms with Crippen LogP contribution in [0.15, 0.2) is 54.9 Å². The van der Waals surface area contributed by atoms with Crippen LogP contribution in [0.5, 0.6) is 11.5 Å². The number of carboxylic acid groups (broad SMARTS) is 1. The molecule has 0 amide bonds. The summed E-state index contributed by atoms with van der Waals surface area (Å²) >= 11 is 0. The summed E-state index contributed by atoms with van der Waals surface area (Å²) in [6.07, 6.45) is 1.39. The fraction of sp³-hybridized carbons (Fsp3) is 0.0556. The predicted octanol–water partition coefficient (Wildman–Crippen LogP) is 3.39. The van der Waals surface area contributed by atoms with Crippen LogP contribution >= 0.6 is 0 Å². The highest BCUT2D eigenvalue weighted by Gasteiger charge is 2.14. The van der Waals surface area contributed by atoms with Gasteiger partial charge in [0.2, 0.25) is 6.79 Å². The van der Waals surface area contributed by atoms with Gasteiger partial charge in [-0.25, -0.2) is 14.8 Å². The summed E-state index contributed by atoms with van der Waals surface area (Å²) in [5.74, 6) is 1.37. The Labute approximate surface area is 148 Å². The molecule has 2 heterocycles. The van der Waals surface area contributed by atoms with Crippen LogP contribution in [0.1, 0.15) is 10.4 Å². The topological polar surface area (TPSA) is 106 Å². The number of nitrogens with one attached hydrogen (secondary N) is 2. The number of fused-ring (bicyclic) bond motifs is 1. The second kappa shape index (κ2) is 6.60. The molecule has 1 aliphatic heterocycles. The number of carboxylic acids is 1. The van der Waals surface area contributed by atoms with Crippen LogP contribution < -0.4 is 20.1 Å². The normalized spacial score (nSPS) is 11.8. The van der Waals surface area contributed by atoms with Crippen LogP contribution in [0, 0.1) is 0 Å². The van der Waals surface area contributed by atoms with Crippen LogP contribution in [0.2, 0.25) is 0 Å². The molecule has 8 heteroatoms. The summed E-state index contributed by atoms with van der Waals surface area (Å²) in [5, 5.41) is 15.4. The zero-order chi connectivity index (χ0) is 17.9. The van der Waals surface area contributed by atoms with E-state index in [2.05, 4.69) is 20.6 Å². The van der Waals surface area contributed by atoms with Gasteiger partial charge in [0, 0.05) is 17.8 Å². The largest absolute Gasteiger partial charge is 0.478 e. The van der Waals surface area contributed by atoms with E-state index in [1.165, 1.54) is 12.4 Å². The number of hydrogen-bond acceptors (Lipinski definition) is 7. The highest BCUT2D eigenvalue weighted by molar-refractivity contribution is 5.95. The zero-order valence-corrected chi connectivity index (χ0v) is 13.5. The molecule has 8 nitrogen and oxygen atoms in total. The van der Waals surface area contributed by atoms with E-state index in [0.29, 0.717) is 28.8 Å². The fourth-order valence-corrected chi connectivity index (χ4v) is 2.53. The van der Waals surface area contributed by atoms with Crippen molar-refractivity contribution < 1.29 is 19.4 Å². The second-order valence-corrected chi connectivity index (χ2v) is 5.46. The van der Waals surface area contributed by atoms with Crippen LogP contribution in [-0.4, -0.2) is 27.8 Å². The second-order valence-electron chi connectivity index (χ2n) is 5.46. The van der Waals surface area contributed by atoms with Crippen LogP contribution in [-0.2, 0) is 0 Å². The van der Waals surface area contributed by atoms with Gasteiger partial charge in [0.1, 0.15) is 18.0 Å². The minimum Gasteiger partial charge on any atom is -0.478 e. The Morgan fingerprint density at radius 3 is 2.58 bits per heavy atom. The molecule has 0 saturated heterocycles. The molecule has 0 spiro atoms. The van der Waals surface area contributed by atoms with Gasteiger partial charge in [0.15, 0.2) is 11.5 Å². The van der Waals surface area contributed by atoms with Crippen LogP contribution in [0.25, 0.3) is 0 Å². The maximum atomic E-state index is 11.3. The Kier molecular flexibility index (Phi) is 3.98. The summed E-state index contributed by atoms with van der Waals surface area (Å²) < 4.78 is 10.6. The lowest BCUT2D eigenvalue weighted by Gasteiger charge is -2.10. The van der Waals surface area contributed by atoms with Gasteiger partial charge in [-0.15, -0.1) is 0 Å². The quantitative estimate of drug-likeness (QED) is 0.643. The lowest BCUT2D eigenvalue weighted by molar-refractivity contribution is 0.0698. The molecule has 130 valence electrons. The maximum absolute atomic E-state index is 11.3. The van der Waals surface area contributed by atoms with Gasteiger partial charge in [0.25, 0.3) is 0 Å². The molecular formula is C18H14N4O4. The third-order valence-corrected chi connectivity index (χ3v) is 3.73. The highest BCUT2D eigenvalue weighted by Crippen LogP contribution is 2.35. The van der Waals surface area contributed by atoms with Crippen molar-refractivity contribution in [1.82, 2.24) is 9.97 Å². The summed E-state index contributed by atoms with van der Waals surface area (Å²) in [5.41, 5.74) is 1.40. The van der Waals surface area contributed by atoms with E-state index >= 15 is 0 Å². The standard InChI is InChI=1S/C18H14N4O4/c23-18(24)12-3-1-2-4-13(12)22-17-8-16(19-9-20-17)21-11-5-6-14-15(7-11)26-10-25-14/h1-9H,10H2,(H,23,24)(H2,19,20,21,22). The Morgan fingerprint density at radius 1 is 0.962 bits per heavy atom. The van der Waals surface area contributed by atoms with Crippen molar-refractivity contribution in [3.63, 3.8) is 0 Å². The van der Waals surface area contributed by atoms with Crippen molar-refractivity contribution in [3.8, 4) is 11.5 Å². The summed E-state index contributed by atoms with van der Waals surface area (Å²) in [4.78, 5) is 19.6. The van der Waals surface area contributed by atoms with E-state index in [0.717, 1.165) is 5.69 Å². The van der Waals surface area contributed by atoms with Gasteiger partial charge >= 0.3 is 5.97 Å². The van der Waals surface area contributed by atoms with Gasteiger partial charge < -0.3 is 25.2 Å². The molecule has 0 saturated carbocycles. The van der Waals surface area contributed by atoms with E-state index in [9.17, 15) is 9.90 Å². The lowest BCUT2D eigenvalue weighted by Crippen LogP contribution is -2.04. The van der Waals surface area contributed by atoms with Crippen LogP contribution in [0.4, 0.5) is 23.0 Å². The molecule has 2 aromatic carbocycles. The van der Waals surface area contributed by atoms with Gasteiger partial charge in [-0.1, -0.05) is 12.1 Å². The zero-order valence-electron chi connectivity index (χ0n) is 13.5. The number of carbonyl (C=O) groups is 1. The molecule has 26 heavy (non-hydrogen) atoms. The van der Waals surface area contributed by atoms with Gasteiger partial charge in [0.05, 0.1) is 11.3 Å². The minimum absolute atomic E-state index is 0.163. The van der Waals surface area contributed by atoms with Crippen molar-refractivity contribution in [2.24, 2.45) is 0 Å². The third-order valence-electron chi connectivity index (χ3n) is 3.73. The van der Waals surface area contributed by atoms with Crippen LogP contribution in [0.3, 0.4) is 0 Å². The van der Waals surface area contributed by atoms with E-state index in [1.54, 1.807) is 24.3 Å². The molecule has 3 N–H and O–H groups in total. The minimum atomic E-state index is -1.01. The predicted molar refractivity (Wildman–Crippen MR) is 94.6 cm³/mol. The number of ether oxygens (including phenoxy) is 2. The van der Waals surface area contributed by atoms with E-state index < -0.39 is 5.97 Å². The van der Waals surface area contributed by atoms with Crippen molar-refractivity contribution in [2.75, 3.05) is 17.4 Å². The third kappa shape index (κ3) is 3.20. The van der Waals surface area contributed by atoms with Gasteiger partial charge in [-0.3, -0.25) is 0 Å². The Morgan fingerprint density at radius 2 is 1.73 bits per heavy atom. The molecule has 0 bridgehead atoms. The summed E-state index contributed by atoms with van der Waals surface area (Å²) in [6, 6.07) is 13.8. The molecule has 0 fully saturated rings. The molecule has 0 radical (unpaired) electrons. The molecule has 0 unspecified atom stereocenters. The van der Waals surface area contributed by atoms with E-state index in [-0.39, 0.29) is 12.4 Å². The molecule has 0 atom stereocenters. The summed E-state index contributed by atoms with van der Waals surface area (Å²) in [6.45, 7) is 0.212. The number of aromatic nitrogens is 2. The number of hydrogen-bond donors (Lipinski definition) is 3. The number of anilines is 4. The van der Waals surface area contributed by atoms with Crippen molar-refractivity contribution >= 4 is 29.0 Å². The average Bonchev–Trinajstić information content (AvgIpc) is 3.10. The first-order valence-electron chi connectivity index (χ1n) is 7.77. The van der Waals surface area contributed by atoms with Crippen molar-refractivity contribution in [1.29, 1.82) is 0 Å². The number of benzene rings is 2. The van der Waals surface area contributed by atoms with Crippen molar-refractivity contribution in [2.45, 2.75) is 0 Å². The van der Waals surface area contributed by atoms with Crippen molar-refractivity contribution in [3.05, 3.63) is 60.4 Å². The lowest BCUT2D eigenvalue weighted by atomic mass is 10.2. The SMILES string of the molecule is O=C(O)c1ccccc1Nc1cc(Nc2ccc3c(c2)OCO3)ncn1.